The first-order chi connectivity index (χ1) is 17.6. The van der Waals surface area contributed by atoms with Crippen molar-refractivity contribution >= 4 is 28.5 Å². The first-order valence-corrected chi connectivity index (χ1v) is 12.8. The van der Waals surface area contributed by atoms with Crippen molar-refractivity contribution in [1.29, 1.82) is 0 Å². The van der Waals surface area contributed by atoms with E-state index in [2.05, 4.69) is 20.8 Å². The number of primary amides is 1. The van der Waals surface area contributed by atoms with E-state index in [0.717, 1.165) is 62.0 Å². The van der Waals surface area contributed by atoms with Gasteiger partial charge in [0.05, 0.1) is 43.1 Å². The lowest BCUT2D eigenvalue weighted by Crippen LogP contribution is -2.43. The fraction of sp³-hybridized carbons (Fsp3) is 0.520. The Balaban J connectivity index is 1.15. The first-order valence-electron chi connectivity index (χ1n) is 12.8. The van der Waals surface area contributed by atoms with Gasteiger partial charge in [0.2, 0.25) is 5.91 Å². The van der Waals surface area contributed by atoms with E-state index in [4.69, 9.17) is 20.6 Å². The molecule has 3 fully saturated rings. The van der Waals surface area contributed by atoms with Gasteiger partial charge in [-0.2, -0.15) is 5.10 Å². The van der Waals surface area contributed by atoms with Crippen molar-refractivity contribution in [2.24, 2.45) is 16.6 Å². The number of carbonyl (C=O) groups excluding carboxylic acids is 1. The molecule has 1 aliphatic carbocycles. The molecule has 0 unspecified atom stereocenters. The normalized spacial score (nSPS) is 29.5. The third-order valence-corrected chi connectivity index (χ3v) is 8.24. The van der Waals surface area contributed by atoms with Crippen LogP contribution in [-0.2, 0) is 9.53 Å². The Morgan fingerprint density at radius 2 is 2.08 bits per heavy atom. The number of amidine groups is 1. The third kappa shape index (κ3) is 3.48. The molecule has 3 N–H and O–H groups in total. The monoisotopic (exact) mass is 490 g/mol. The molecule has 36 heavy (non-hydrogen) atoms. The number of ether oxygens (including phenoxy) is 1. The summed E-state index contributed by atoms with van der Waals surface area (Å²) in [5.41, 5.74) is 7.08. The summed E-state index contributed by atoms with van der Waals surface area (Å²) < 4.78 is 7.78. The van der Waals surface area contributed by atoms with Crippen LogP contribution in [0.15, 0.2) is 47.1 Å². The van der Waals surface area contributed by atoms with Gasteiger partial charge in [-0.3, -0.25) is 14.5 Å². The smallest absolute Gasteiger partial charge is 0.250 e. The molecule has 1 saturated carbocycles. The van der Waals surface area contributed by atoms with Crippen molar-refractivity contribution in [3.05, 3.63) is 42.1 Å². The number of likely N-dealkylation sites (tertiary alicyclic amines) is 1. The van der Waals surface area contributed by atoms with Crippen LogP contribution in [0.4, 0.5) is 5.82 Å². The number of rotatable bonds is 4. The minimum absolute atomic E-state index is 0.260. The summed E-state index contributed by atoms with van der Waals surface area (Å²) in [5, 5.41) is 19.0. The molecular formula is C25H30N8O3. The largest absolute Gasteiger partial charge is 0.396 e. The maximum absolute atomic E-state index is 12.4. The van der Waals surface area contributed by atoms with Gasteiger partial charge < -0.3 is 20.5 Å². The SMILES string of the molecule is NC(=O)C1=C2N=C(N3C[C@H]4C[C@@H]3CO4)C=CN2N(c2cc3cn(C4CCC(CO)CC4)nc3cn2)C1. The molecule has 0 radical (unpaired) electrons. The molecule has 0 aromatic carbocycles. The van der Waals surface area contributed by atoms with Crippen molar-refractivity contribution in [2.45, 2.75) is 50.3 Å². The average Bonchev–Trinajstić information content (AvgIpc) is 3.70. The molecule has 4 aliphatic heterocycles. The quantitative estimate of drug-likeness (QED) is 0.657. The average molecular weight is 491 g/mol. The fourth-order valence-electron chi connectivity index (χ4n) is 6.18. The molecule has 6 heterocycles. The first kappa shape index (κ1) is 21.8. The fourth-order valence-corrected chi connectivity index (χ4v) is 6.18. The molecule has 2 aromatic rings. The van der Waals surface area contributed by atoms with Crippen molar-refractivity contribution in [3.63, 3.8) is 0 Å². The molecule has 0 spiro atoms. The van der Waals surface area contributed by atoms with E-state index < -0.39 is 5.91 Å². The van der Waals surface area contributed by atoms with Crippen molar-refractivity contribution < 1.29 is 14.6 Å². The van der Waals surface area contributed by atoms with Crippen LogP contribution in [0.1, 0.15) is 38.1 Å². The summed E-state index contributed by atoms with van der Waals surface area (Å²) in [4.78, 5) is 24.2. The number of aliphatic hydroxyl groups is 1. The highest BCUT2D eigenvalue weighted by molar-refractivity contribution is 5.99. The van der Waals surface area contributed by atoms with Gasteiger partial charge >= 0.3 is 0 Å². The number of anilines is 1. The molecule has 2 aromatic heterocycles. The number of carbonyl (C=O) groups is 1. The Bertz CT molecular complexity index is 1310. The molecule has 2 bridgehead atoms. The predicted octanol–water partition coefficient (Wildman–Crippen LogP) is 1.29. The second-order valence-electron chi connectivity index (χ2n) is 10.4. The molecule has 7 rings (SSSR count). The molecule has 11 heteroatoms. The Labute approximate surface area is 208 Å². The molecule has 11 nitrogen and oxygen atoms in total. The zero-order valence-electron chi connectivity index (χ0n) is 20.0. The highest BCUT2D eigenvalue weighted by atomic mass is 16.5. The summed E-state index contributed by atoms with van der Waals surface area (Å²) in [6, 6.07) is 2.68. The lowest BCUT2D eigenvalue weighted by atomic mass is 9.87. The maximum atomic E-state index is 12.4. The van der Waals surface area contributed by atoms with Gasteiger partial charge in [-0.15, -0.1) is 0 Å². The van der Waals surface area contributed by atoms with E-state index >= 15 is 0 Å². The number of aromatic nitrogens is 3. The van der Waals surface area contributed by atoms with Gasteiger partial charge in [0.15, 0.2) is 5.82 Å². The van der Waals surface area contributed by atoms with Crippen LogP contribution < -0.4 is 10.7 Å². The second-order valence-corrected chi connectivity index (χ2v) is 10.4. The number of pyridine rings is 1. The van der Waals surface area contributed by atoms with Crippen molar-refractivity contribution in [3.8, 4) is 0 Å². The molecule has 188 valence electrons. The molecule has 1 amide bonds. The summed E-state index contributed by atoms with van der Waals surface area (Å²) in [7, 11) is 0. The molecule has 2 saturated heterocycles. The van der Waals surface area contributed by atoms with E-state index in [1.165, 1.54) is 0 Å². The van der Waals surface area contributed by atoms with Gasteiger partial charge in [0.1, 0.15) is 17.2 Å². The van der Waals surface area contributed by atoms with Crippen LogP contribution in [0.3, 0.4) is 0 Å². The highest BCUT2D eigenvalue weighted by Gasteiger charge is 2.42. The minimum atomic E-state index is -0.477. The lowest BCUT2D eigenvalue weighted by molar-refractivity contribution is -0.114. The number of hydrazine groups is 1. The summed E-state index contributed by atoms with van der Waals surface area (Å²) in [6.07, 6.45) is 13.1. The third-order valence-electron chi connectivity index (χ3n) is 8.24. The van der Waals surface area contributed by atoms with Crippen LogP contribution in [0.2, 0.25) is 0 Å². The van der Waals surface area contributed by atoms with Crippen LogP contribution in [0.25, 0.3) is 10.9 Å². The van der Waals surface area contributed by atoms with E-state index in [9.17, 15) is 9.90 Å². The van der Waals surface area contributed by atoms with Crippen LogP contribution in [0, 0.1) is 5.92 Å². The van der Waals surface area contributed by atoms with Gasteiger partial charge in [0.25, 0.3) is 0 Å². The van der Waals surface area contributed by atoms with Crippen molar-refractivity contribution in [1.82, 2.24) is 24.7 Å². The maximum Gasteiger partial charge on any atom is 0.250 e. The topological polar surface area (TPSA) is 125 Å². The van der Waals surface area contributed by atoms with Gasteiger partial charge in [-0.1, -0.05) is 0 Å². The highest BCUT2D eigenvalue weighted by Crippen LogP contribution is 2.36. The van der Waals surface area contributed by atoms with E-state index in [-0.39, 0.29) is 12.7 Å². The molecular weight excluding hydrogens is 460 g/mol. The Morgan fingerprint density at radius 3 is 2.81 bits per heavy atom. The Hall–Kier alpha value is -3.44. The number of nitrogens with zero attached hydrogens (tertiary/aromatic N) is 7. The predicted molar refractivity (Wildman–Crippen MR) is 132 cm³/mol. The summed E-state index contributed by atoms with van der Waals surface area (Å²) >= 11 is 0. The number of hydrogen-bond donors (Lipinski definition) is 2. The number of amides is 1. The number of nitrogens with two attached hydrogens (primary N) is 1. The number of fused-ring (bicyclic) bond motifs is 4. The summed E-state index contributed by atoms with van der Waals surface area (Å²) in [6.45, 7) is 2.11. The lowest BCUT2D eigenvalue weighted by Gasteiger charge is -2.34. The van der Waals surface area contributed by atoms with Gasteiger partial charge in [-0.05, 0) is 50.2 Å². The van der Waals surface area contributed by atoms with E-state index in [1.54, 1.807) is 6.20 Å². The number of hydrogen-bond acceptors (Lipinski definition) is 9. The van der Waals surface area contributed by atoms with Gasteiger partial charge in [0, 0.05) is 30.9 Å². The summed E-state index contributed by atoms with van der Waals surface area (Å²) in [5.74, 6) is 2.04. The van der Waals surface area contributed by atoms with Crippen LogP contribution in [0.5, 0.6) is 0 Å². The molecule has 2 atom stereocenters. The minimum Gasteiger partial charge on any atom is -0.396 e. The van der Waals surface area contributed by atoms with Gasteiger partial charge in [-0.25, -0.2) is 15.0 Å². The standard InChI is InChI=1S/C25H30N8O3/c26-24(35)20-12-33(32-6-5-22(28-25(20)32)30-11-19-8-18(30)14-36-19)23-7-16-10-31(29-21(16)9-27-23)17-3-1-15(13-34)2-4-17/h5-7,9-10,15,17-19,34H,1-4,8,11-14H2,(H2,26,35)/t15?,17?,18-,19-/m1/s1. The number of morpholine rings is 1. The number of aliphatic imine (C=N–C) groups is 1. The van der Waals surface area contributed by atoms with Crippen LogP contribution >= 0.6 is 0 Å². The zero-order valence-corrected chi connectivity index (χ0v) is 20.0. The Kier molecular flexibility index (Phi) is 5.03. The Morgan fingerprint density at radius 1 is 1.22 bits per heavy atom. The molecule has 5 aliphatic rings. The zero-order chi connectivity index (χ0) is 24.4. The second kappa shape index (κ2) is 8.31. The van der Waals surface area contributed by atoms with E-state index in [1.807, 2.05) is 28.4 Å². The van der Waals surface area contributed by atoms with Crippen molar-refractivity contribution in [2.75, 3.05) is 31.3 Å². The van der Waals surface area contributed by atoms with Crippen LogP contribution in [-0.4, -0.2) is 80.0 Å². The van der Waals surface area contributed by atoms with E-state index in [0.29, 0.717) is 41.8 Å². The number of aliphatic hydroxyl groups excluding tert-OH is 1.